The van der Waals surface area contributed by atoms with Gasteiger partial charge in [-0.1, -0.05) is 41.5 Å². The summed E-state index contributed by atoms with van der Waals surface area (Å²) < 4.78 is 5.94. The minimum Gasteiger partial charge on any atom is -0.464 e. The molecule has 2 heterocycles. The second-order valence-corrected chi connectivity index (χ2v) is 8.90. The van der Waals surface area contributed by atoms with Gasteiger partial charge in [0.15, 0.2) is 0 Å². The van der Waals surface area contributed by atoms with Crippen molar-refractivity contribution in [3.8, 4) is 0 Å². The van der Waals surface area contributed by atoms with E-state index in [-0.39, 0.29) is 35.1 Å². The number of aryl methyl sites for hydroxylation is 1. The number of hydrogen-bond donors (Lipinski definition) is 1. The van der Waals surface area contributed by atoms with Crippen molar-refractivity contribution >= 4 is 11.8 Å². The summed E-state index contributed by atoms with van der Waals surface area (Å²) in [6.07, 6.45) is 3.36. The first-order valence-corrected chi connectivity index (χ1v) is 10.3. The maximum atomic E-state index is 13.0. The van der Waals surface area contributed by atoms with Crippen LogP contribution in [-0.2, 0) is 16.0 Å². The molecule has 3 unspecified atom stereocenters. The van der Waals surface area contributed by atoms with E-state index in [0.29, 0.717) is 6.54 Å². The van der Waals surface area contributed by atoms with E-state index < -0.39 is 0 Å². The molecular weight excluding hydrogens is 340 g/mol. The summed E-state index contributed by atoms with van der Waals surface area (Å²) in [5, 5.41) is 3.21. The summed E-state index contributed by atoms with van der Waals surface area (Å²) in [7, 11) is 0. The van der Waals surface area contributed by atoms with Gasteiger partial charge in [-0.15, -0.1) is 0 Å². The summed E-state index contributed by atoms with van der Waals surface area (Å²) in [5.74, 6) is 1.78. The van der Waals surface area contributed by atoms with Gasteiger partial charge < -0.3 is 14.6 Å². The van der Waals surface area contributed by atoms with Crippen LogP contribution in [0.25, 0.3) is 0 Å². The van der Waals surface area contributed by atoms with Gasteiger partial charge in [0.25, 0.3) is 0 Å². The number of likely N-dealkylation sites (tertiary alicyclic amines) is 1. The van der Waals surface area contributed by atoms with Gasteiger partial charge in [0.1, 0.15) is 11.5 Å². The largest absolute Gasteiger partial charge is 0.464 e. The molecule has 1 fully saturated rings. The summed E-state index contributed by atoms with van der Waals surface area (Å²) in [4.78, 5) is 27.4. The number of nitrogens with one attached hydrogen (secondary N) is 1. The van der Waals surface area contributed by atoms with Crippen molar-refractivity contribution in [2.75, 3.05) is 13.1 Å². The lowest BCUT2D eigenvalue weighted by Crippen LogP contribution is -2.48. The number of nitrogens with zero attached hydrogens (tertiary/aromatic N) is 1. The Labute approximate surface area is 163 Å². The van der Waals surface area contributed by atoms with Crippen molar-refractivity contribution in [2.45, 2.75) is 73.3 Å². The number of carbonyl (C=O) groups is 2. The van der Waals surface area contributed by atoms with Gasteiger partial charge in [0.2, 0.25) is 11.8 Å². The molecule has 1 aromatic heterocycles. The van der Waals surface area contributed by atoms with E-state index in [0.717, 1.165) is 43.7 Å². The number of hydrogen-bond acceptors (Lipinski definition) is 3. The molecule has 5 nitrogen and oxygen atoms in total. The van der Waals surface area contributed by atoms with Crippen LogP contribution in [0.5, 0.6) is 0 Å². The smallest absolute Gasteiger partial charge is 0.225 e. The quantitative estimate of drug-likeness (QED) is 0.804. The summed E-state index contributed by atoms with van der Waals surface area (Å²) in [6, 6.07) is 3.76. The van der Waals surface area contributed by atoms with Gasteiger partial charge in [0, 0.05) is 25.4 Å². The maximum Gasteiger partial charge on any atom is 0.225 e. The first kappa shape index (κ1) is 21.5. The van der Waals surface area contributed by atoms with Crippen LogP contribution in [0.2, 0.25) is 0 Å². The topological polar surface area (TPSA) is 62.6 Å². The predicted octanol–water partition coefficient (Wildman–Crippen LogP) is 4.33. The highest BCUT2D eigenvalue weighted by Crippen LogP contribution is 2.34. The van der Waals surface area contributed by atoms with Crippen LogP contribution in [0.4, 0.5) is 0 Å². The molecule has 1 N–H and O–H groups in total. The summed E-state index contributed by atoms with van der Waals surface area (Å²) >= 11 is 0. The Morgan fingerprint density at radius 2 is 2.00 bits per heavy atom. The molecule has 0 aliphatic carbocycles. The van der Waals surface area contributed by atoms with Gasteiger partial charge in [0.05, 0.1) is 12.0 Å². The van der Waals surface area contributed by atoms with Crippen molar-refractivity contribution in [3.63, 3.8) is 0 Å². The molecule has 1 aromatic rings. The standard InChI is InChI=1S/C22H36N2O3/c1-7-15(3)21(26)24-13-9-10-16(14-24)20(25)23-19(22(4,5)6)18-12-11-17(8-2)27-18/h11-12,15-16,19H,7-10,13-14H2,1-6H3,(H,23,25). The molecule has 0 radical (unpaired) electrons. The van der Waals surface area contributed by atoms with Gasteiger partial charge in [-0.05, 0) is 36.8 Å². The molecule has 1 saturated heterocycles. The van der Waals surface area contributed by atoms with E-state index in [1.54, 1.807) is 0 Å². The molecule has 27 heavy (non-hydrogen) atoms. The third kappa shape index (κ3) is 5.36. The molecule has 152 valence electrons. The van der Waals surface area contributed by atoms with E-state index in [4.69, 9.17) is 4.42 Å². The Morgan fingerprint density at radius 1 is 1.30 bits per heavy atom. The predicted molar refractivity (Wildman–Crippen MR) is 107 cm³/mol. The molecular formula is C22H36N2O3. The van der Waals surface area contributed by atoms with Crippen molar-refractivity contribution < 1.29 is 14.0 Å². The number of amides is 2. The summed E-state index contributed by atoms with van der Waals surface area (Å²) in [6.45, 7) is 13.6. The van der Waals surface area contributed by atoms with E-state index in [2.05, 4.69) is 33.0 Å². The molecule has 0 saturated carbocycles. The van der Waals surface area contributed by atoms with Crippen molar-refractivity contribution in [3.05, 3.63) is 23.7 Å². The lowest BCUT2D eigenvalue weighted by Gasteiger charge is -2.36. The fourth-order valence-electron chi connectivity index (χ4n) is 3.59. The van der Waals surface area contributed by atoms with Gasteiger partial charge >= 0.3 is 0 Å². The van der Waals surface area contributed by atoms with Gasteiger partial charge in [-0.2, -0.15) is 0 Å². The zero-order valence-electron chi connectivity index (χ0n) is 17.8. The van der Waals surface area contributed by atoms with E-state index in [9.17, 15) is 9.59 Å². The second kappa shape index (κ2) is 8.94. The van der Waals surface area contributed by atoms with Crippen molar-refractivity contribution in [2.24, 2.45) is 17.3 Å². The number of rotatable bonds is 6. The molecule has 5 heteroatoms. The lowest BCUT2D eigenvalue weighted by molar-refractivity contribution is -0.139. The first-order valence-electron chi connectivity index (χ1n) is 10.3. The molecule has 0 spiro atoms. The fourth-order valence-corrected chi connectivity index (χ4v) is 3.59. The van der Waals surface area contributed by atoms with Crippen molar-refractivity contribution in [1.29, 1.82) is 0 Å². The number of piperidine rings is 1. The van der Waals surface area contributed by atoms with Crippen LogP contribution in [0, 0.1) is 17.3 Å². The Hall–Kier alpha value is -1.78. The van der Waals surface area contributed by atoms with Crippen LogP contribution < -0.4 is 5.32 Å². The zero-order chi connectivity index (χ0) is 20.2. The van der Waals surface area contributed by atoms with Crippen LogP contribution in [0.3, 0.4) is 0 Å². The Kier molecular flexibility index (Phi) is 7.12. The molecule has 2 amide bonds. The molecule has 1 aliphatic heterocycles. The monoisotopic (exact) mass is 376 g/mol. The van der Waals surface area contributed by atoms with E-state index in [1.807, 2.05) is 30.9 Å². The SMILES string of the molecule is CCc1ccc(C(NC(=O)C2CCCN(C(=O)C(C)CC)C2)C(C)(C)C)o1. The van der Waals surface area contributed by atoms with E-state index in [1.165, 1.54) is 0 Å². The normalized spacial score (nSPS) is 20.2. The lowest BCUT2D eigenvalue weighted by atomic mass is 9.84. The Morgan fingerprint density at radius 3 is 2.56 bits per heavy atom. The summed E-state index contributed by atoms with van der Waals surface area (Å²) in [5.41, 5.74) is -0.167. The molecule has 1 aliphatic rings. The Balaban J connectivity index is 2.09. The minimum absolute atomic E-state index is 0.0183. The first-order chi connectivity index (χ1) is 12.7. The minimum atomic E-state index is -0.189. The third-order valence-electron chi connectivity index (χ3n) is 5.61. The maximum absolute atomic E-state index is 13.0. The van der Waals surface area contributed by atoms with E-state index >= 15 is 0 Å². The number of furan rings is 1. The molecule has 0 bridgehead atoms. The van der Waals surface area contributed by atoms with Crippen LogP contribution in [0.15, 0.2) is 16.5 Å². The van der Waals surface area contributed by atoms with Gasteiger partial charge in [-0.3, -0.25) is 9.59 Å². The van der Waals surface area contributed by atoms with Gasteiger partial charge in [-0.25, -0.2) is 0 Å². The molecule has 0 aromatic carbocycles. The van der Waals surface area contributed by atoms with Crippen LogP contribution in [0.1, 0.15) is 78.4 Å². The highest BCUT2D eigenvalue weighted by atomic mass is 16.3. The second-order valence-electron chi connectivity index (χ2n) is 8.90. The highest BCUT2D eigenvalue weighted by Gasteiger charge is 2.35. The average Bonchev–Trinajstić information content (AvgIpc) is 3.12. The Bertz CT molecular complexity index is 644. The van der Waals surface area contributed by atoms with Crippen LogP contribution >= 0.6 is 0 Å². The van der Waals surface area contributed by atoms with Crippen molar-refractivity contribution in [1.82, 2.24) is 10.2 Å². The molecule has 2 rings (SSSR count). The third-order valence-corrected chi connectivity index (χ3v) is 5.61. The molecule has 3 atom stereocenters. The van der Waals surface area contributed by atoms with Crippen LogP contribution in [-0.4, -0.2) is 29.8 Å². The average molecular weight is 377 g/mol. The zero-order valence-corrected chi connectivity index (χ0v) is 17.8. The fraction of sp³-hybridized carbons (Fsp3) is 0.727. The highest BCUT2D eigenvalue weighted by molar-refractivity contribution is 5.82. The number of carbonyl (C=O) groups excluding carboxylic acids is 2.